The molecule has 1 saturated heterocycles. The van der Waals surface area contributed by atoms with Crippen LogP contribution in [0.25, 0.3) is 0 Å². The molecular formula is C23H27NO5S. The molecule has 1 heterocycles. The molecule has 2 N–H and O–H groups in total. The average molecular weight is 430 g/mol. The lowest BCUT2D eigenvalue weighted by molar-refractivity contribution is -0.141. The number of rotatable bonds is 9. The fraction of sp³-hybridized carbons (Fsp3) is 0.348. The van der Waals surface area contributed by atoms with E-state index in [0.29, 0.717) is 19.3 Å². The van der Waals surface area contributed by atoms with Crippen LogP contribution in [0.15, 0.2) is 72.1 Å². The number of carbonyl (C=O) groups is 1. The van der Waals surface area contributed by atoms with Crippen molar-refractivity contribution in [2.45, 2.75) is 49.3 Å². The van der Waals surface area contributed by atoms with Crippen molar-refractivity contribution in [3.05, 3.63) is 78.4 Å². The molecule has 0 radical (unpaired) electrons. The Balaban J connectivity index is 1.81. The largest absolute Gasteiger partial charge is 0.480 e. The van der Waals surface area contributed by atoms with E-state index < -0.39 is 34.1 Å². The third-order valence-electron chi connectivity index (χ3n) is 5.39. The second-order valence-corrected chi connectivity index (χ2v) is 9.37. The van der Waals surface area contributed by atoms with Gasteiger partial charge in [-0.3, -0.25) is 4.79 Å². The number of aliphatic carboxylic acids is 1. The van der Waals surface area contributed by atoms with Crippen LogP contribution in [0.4, 0.5) is 0 Å². The van der Waals surface area contributed by atoms with Crippen LogP contribution < -0.4 is 4.72 Å². The Kier molecular flexibility index (Phi) is 7.07. The number of carboxylic acid groups (broad SMARTS) is 1. The van der Waals surface area contributed by atoms with Crippen molar-refractivity contribution in [2.75, 3.05) is 0 Å². The van der Waals surface area contributed by atoms with Gasteiger partial charge in [0.1, 0.15) is 6.04 Å². The molecule has 4 atom stereocenters. The van der Waals surface area contributed by atoms with Gasteiger partial charge in [0.25, 0.3) is 0 Å². The highest BCUT2D eigenvalue weighted by Crippen LogP contribution is 2.34. The maximum absolute atomic E-state index is 12.8. The highest BCUT2D eigenvalue weighted by molar-refractivity contribution is 7.89. The van der Waals surface area contributed by atoms with Gasteiger partial charge in [0, 0.05) is 5.92 Å². The van der Waals surface area contributed by atoms with Crippen molar-refractivity contribution in [1.82, 2.24) is 4.72 Å². The predicted molar refractivity (Wildman–Crippen MR) is 115 cm³/mol. The number of sulfonamides is 1. The van der Waals surface area contributed by atoms with Crippen molar-refractivity contribution in [2.24, 2.45) is 5.92 Å². The smallest absolute Gasteiger partial charge is 0.322 e. The molecule has 3 rings (SSSR count). The summed E-state index contributed by atoms with van der Waals surface area (Å²) in [5.74, 6) is -1.72. The summed E-state index contributed by atoms with van der Waals surface area (Å²) in [5.41, 5.74) is 2.01. The van der Waals surface area contributed by atoms with E-state index in [0.717, 1.165) is 11.1 Å². The molecule has 7 heteroatoms. The number of benzene rings is 2. The molecule has 30 heavy (non-hydrogen) atoms. The first-order chi connectivity index (χ1) is 14.3. The van der Waals surface area contributed by atoms with E-state index in [9.17, 15) is 18.3 Å². The second kappa shape index (κ2) is 9.55. The van der Waals surface area contributed by atoms with Crippen molar-refractivity contribution < 1.29 is 23.1 Å². The van der Waals surface area contributed by atoms with Crippen LogP contribution in [-0.2, 0) is 26.0 Å². The normalized spacial score (nSPS) is 22.5. The quantitative estimate of drug-likeness (QED) is 0.597. The molecule has 1 aliphatic rings. The molecule has 0 aliphatic carbocycles. The Morgan fingerprint density at radius 2 is 1.90 bits per heavy atom. The molecule has 1 fully saturated rings. The van der Waals surface area contributed by atoms with Crippen molar-refractivity contribution in [1.29, 1.82) is 0 Å². The van der Waals surface area contributed by atoms with Gasteiger partial charge in [-0.2, -0.15) is 4.72 Å². The lowest BCUT2D eigenvalue weighted by Crippen LogP contribution is -2.48. The molecule has 2 aromatic rings. The molecule has 0 aromatic heterocycles. The minimum absolute atomic E-state index is 0.0411. The minimum atomic E-state index is -3.99. The van der Waals surface area contributed by atoms with Crippen molar-refractivity contribution in [3.8, 4) is 0 Å². The summed E-state index contributed by atoms with van der Waals surface area (Å²) in [6.07, 6.45) is 2.61. The number of hydrogen-bond donors (Lipinski definition) is 2. The summed E-state index contributed by atoms with van der Waals surface area (Å²) >= 11 is 0. The Morgan fingerprint density at radius 1 is 1.23 bits per heavy atom. The van der Waals surface area contributed by atoms with Crippen LogP contribution in [0.5, 0.6) is 0 Å². The molecule has 0 spiro atoms. The van der Waals surface area contributed by atoms with Crippen LogP contribution in [0.1, 0.15) is 24.0 Å². The van der Waals surface area contributed by atoms with Crippen LogP contribution >= 0.6 is 0 Å². The van der Waals surface area contributed by atoms with Crippen LogP contribution in [-0.4, -0.2) is 37.7 Å². The van der Waals surface area contributed by atoms with E-state index in [1.54, 1.807) is 18.2 Å². The van der Waals surface area contributed by atoms with E-state index in [-0.39, 0.29) is 11.0 Å². The number of ether oxygens (including phenoxy) is 1. The first-order valence-electron chi connectivity index (χ1n) is 9.92. The standard InChI is InChI=1S/C23H27NO5S/c1-3-7-21-20(15-18(29-21)14-17-8-5-4-6-9-17)22(23(25)26)24-30(27,28)19-12-10-16(2)11-13-19/h3-6,8-13,18,20-22,24H,1,7,14-15H2,2H3,(H,25,26)/t18-,20-,21+,22+/m0/s1. The van der Waals surface area contributed by atoms with Crippen LogP contribution in [0, 0.1) is 12.8 Å². The third kappa shape index (κ3) is 5.36. The number of aryl methyl sites for hydroxylation is 1. The summed E-state index contributed by atoms with van der Waals surface area (Å²) in [4.78, 5) is 12.1. The first kappa shape index (κ1) is 22.2. The monoisotopic (exact) mass is 429 g/mol. The zero-order valence-corrected chi connectivity index (χ0v) is 17.7. The van der Waals surface area contributed by atoms with E-state index in [2.05, 4.69) is 11.3 Å². The third-order valence-corrected chi connectivity index (χ3v) is 6.85. The van der Waals surface area contributed by atoms with E-state index in [1.165, 1.54) is 12.1 Å². The molecule has 0 saturated carbocycles. The number of nitrogens with one attached hydrogen (secondary N) is 1. The molecule has 0 unspecified atom stereocenters. The zero-order valence-electron chi connectivity index (χ0n) is 16.9. The summed E-state index contributed by atoms with van der Waals surface area (Å²) in [7, 11) is -3.99. The highest BCUT2D eigenvalue weighted by atomic mass is 32.2. The molecule has 6 nitrogen and oxygen atoms in total. The minimum Gasteiger partial charge on any atom is -0.480 e. The highest BCUT2D eigenvalue weighted by Gasteiger charge is 2.44. The Hall–Kier alpha value is -2.48. The summed E-state index contributed by atoms with van der Waals surface area (Å²) < 4.78 is 34.2. The molecule has 1 aliphatic heterocycles. The van der Waals surface area contributed by atoms with Crippen molar-refractivity contribution >= 4 is 16.0 Å². The SMILES string of the molecule is C=CC[C@H]1O[C@@H](Cc2ccccc2)C[C@@H]1[C@@H](NS(=O)(=O)c1ccc(C)cc1)C(=O)O. The van der Waals surface area contributed by atoms with Gasteiger partial charge in [-0.25, -0.2) is 8.42 Å². The lowest BCUT2D eigenvalue weighted by atomic mass is 9.89. The van der Waals surface area contributed by atoms with Gasteiger partial charge in [-0.1, -0.05) is 54.1 Å². The van der Waals surface area contributed by atoms with E-state index in [1.807, 2.05) is 37.3 Å². The number of hydrogen-bond acceptors (Lipinski definition) is 4. The van der Waals surface area contributed by atoms with E-state index in [4.69, 9.17) is 4.74 Å². The van der Waals surface area contributed by atoms with E-state index >= 15 is 0 Å². The van der Waals surface area contributed by atoms with Gasteiger partial charge in [-0.15, -0.1) is 6.58 Å². The van der Waals surface area contributed by atoms with Gasteiger partial charge in [0.05, 0.1) is 17.1 Å². The Bertz CT molecular complexity index is 972. The molecule has 0 bridgehead atoms. The second-order valence-electron chi connectivity index (χ2n) is 7.66. The topological polar surface area (TPSA) is 92.7 Å². The van der Waals surface area contributed by atoms with Gasteiger partial charge < -0.3 is 9.84 Å². The first-order valence-corrected chi connectivity index (χ1v) is 11.4. The fourth-order valence-electron chi connectivity index (χ4n) is 3.89. The van der Waals surface area contributed by atoms with Gasteiger partial charge in [0.2, 0.25) is 10.0 Å². The van der Waals surface area contributed by atoms with Crippen LogP contribution in [0.2, 0.25) is 0 Å². The summed E-state index contributed by atoms with van der Waals surface area (Å²) in [6, 6.07) is 14.8. The van der Waals surface area contributed by atoms with Gasteiger partial charge in [-0.05, 0) is 43.9 Å². The van der Waals surface area contributed by atoms with Gasteiger partial charge in [0.15, 0.2) is 0 Å². The van der Waals surface area contributed by atoms with Gasteiger partial charge >= 0.3 is 5.97 Å². The molecule has 0 amide bonds. The lowest BCUT2D eigenvalue weighted by Gasteiger charge is -2.24. The van der Waals surface area contributed by atoms with Crippen molar-refractivity contribution in [3.63, 3.8) is 0 Å². The molecule has 2 aromatic carbocycles. The fourth-order valence-corrected chi connectivity index (χ4v) is 5.13. The molecule has 160 valence electrons. The Morgan fingerprint density at radius 3 is 2.50 bits per heavy atom. The average Bonchev–Trinajstić information content (AvgIpc) is 3.09. The van der Waals surface area contributed by atoms with Crippen LogP contribution in [0.3, 0.4) is 0 Å². The predicted octanol–water partition coefficient (Wildman–Crippen LogP) is 3.32. The zero-order chi connectivity index (χ0) is 21.7. The Labute approximate surface area is 177 Å². The summed E-state index contributed by atoms with van der Waals surface area (Å²) in [6.45, 7) is 5.59. The molecular weight excluding hydrogens is 402 g/mol. The number of carboxylic acids is 1. The maximum Gasteiger partial charge on any atom is 0.322 e. The maximum atomic E-state index is 12.8. The summed E-state index contributed by atoms with van der Waals surface area (Å²) in [5, 5.41) is 9.84.